The fourth-order valence-electron chi connectivity index (χ4n) is 3.94. The monoisotopic (exact) mass is 636 g/mol. The Balaban J connectivity index is 0.000000246. The largest absolute Gasteiger partial charge is 0.465 e. The molecule has 0 fully saturated rings. The van der Waals surface area contributed by atoms with Crippen LogP contribution in [0.5, 0.6) is 0 Å². The molecule has 0 aliphatic heterocycles. The van der Waals surface area contributed by atoms with Crippen LogP contribution in [-0.2, 0) is 18.9 Å². The number of anilines is 4. The predicted molar refractivity (Wildman–Crippen MR) is 167 cm³/mol. The summed E-state index contributed by atoms with van der Waals surface area (Å²) in [5.41, 5.74) is 27.1. The molecule has 0 atom stereocenters. The van der Waals surface area contributed by atoms with Gasteiger partial charge in [-0.3, -0.25) is 0 Å². The molecule has 0 aliphatic rings. The summed E-state index contributed by atoms with van der Waals surface area (Å²) in [5.74, 6) is -2.34. The maximum Gasteiger partial charge on any atom is 0.358 e. The van der Waals surface area contributed by atoms with E-state index in [0.29, 0.717) is 22.3 Å². The number of aromatic nitrogens is 2. The summed E-state index contributed by atoms with van der Waals surface area (Å²) in [6.45, 7) is 0. The van der Waals surface area contributed by atoms with Crippen LogP contribution in [0.4, 0.5) is 22.7 Å². The standard InChI is InChI=1S/C15H14ClN3O4.C15H15N3O4/c1-22-14(20)9-4-10(16)8(5-11(9)17)7-3-12(18)13(19-6-7)15(21)23-2;1-21-14(19)10-4-3-8(5-11(10)16)9-6-12(17)13(18-7-9)15(20)22-2/h3-6H,17-18H2,1-2H3;3-7H,16-17H2,1-2H3. The van der Waals surface area contributed by atoms with Gasteiger partial charge in [0.2, 0.25) is 0 Å². The Morgan fingerprint density at radius 3 is 1.49 bits per heavy atom. The normalized spacial score (nSPS) is 10.2. The van der Waals surface area contributed by atoms with E-state index in [1.165, 1.54) is 59.0 Å². The highest BCUT2D eigenvalue weighted by Crippen LogP contribution is 2.33. The molecule has 0 saturated carbocycles. The van der Waals surface area contributed by atoms with Crippen molar-refractivity contribution < 1.29 is 38.1 Å². The number of halogens is 1. The summed E-state index contributed by atoms with van der Waals surface area (Å²) >= 11 is 6.20. The van der Waals surface area contributed by atoms with Gasteiger partial charge in [0.1, 0.15) is 0 Å². The number of hydrogen-bond donors (Lipinski definition) is 4. The van der Waals surface area contributed by atoms with Crippen LogP contribution < -0.4 is 22.9 Å². The average molecular weight is 637 g/mol. The van der Waals surface area contributed by atoms with Crippen molar-refractivity contribution in [1.82, 2.24) is 9.97 Å². The van der Waals surface area contributed by atoms with E-state index in [9.17, 15) is 19.2 Å². The fraction of sp³-hybridized carbons (Fsp3) is 0.133. The van der Waals surface area contributed by atoms with Gasteiger partial charge < -0.3 is 41.9 Å². The maximum absolute atomic E-state index is 11.6. The zero-order valence-corrected chi connectivity index (χ0v) is 25.3. The third kappa shape index (κ3) is 7.55. The topological polar surface area (TPSA) is 235 Å². The molecule has 0 bridgehead atoms. The quantitative estimate of drug-likeness (QED) is 0.134. The summed E-state index contributed by atoms with van der Waals surface area (Å²) in [5, 5.41) is 0.270. The highest BCUT2D eigenvalue weighted by Gasteiger charge is 2.18. The van der Waals surface area contributed by atoms with E-state index in [2.05, 4.69) is 28.9 Å². The summed E-state index contributed by atoms with van der Waals surface area (Å²) in [6.07, 6.45) is 2.90. The Kier molecular flexibility index (Phi) is 10.8. The van der Waals surface area contributed by atoms with Crippen molar-refractivity contribution in [2.24, 2.45) is 0 Å². The van der Waals surface area contributed by atoms with Gasteiger partial charge in [0.15, 0.2) is 11.4 Å². The third-order valence-electron chi connectivity index (χ3n) is 6.24. The van der Waals surface area contributed by atoms with Crippen molar-refractivity contribution in [2.75, 3.05) is 51.4 Å². The first-order chi connectivity index (χ1) is 21.4. The Bertz CT molecular complexity index is 1730. The Morgan fingerprint density at radius 1 is 0.556 bits per heavy atom. The van der Waals surface area contributed by atoms with Crippen LogP contribution in [0.25, 0.3) is 22.3 Å². The zero-order valence-electron chi connectivity index (χ0n) is 24.5. The molecule has 0 unspecified atom stereocenters. The van der Waals surface area contributed by atoms with Gasteiger partial charge in [0.25, 0.3) is 0 Å². The van der Waals surface area contributed by atoms with Gasteiger partial charge in [-0.05, 0) is 42.0 Å². The first-order valence-electron chi connectivity index (χ1n) is 12.7. The van der Waals surface area contributed by atoms with Crippen LogP contribution in [0.2, 0.25) is 5.02 Å². The highest BCUT2D eigenvalue weighted by atomic mass is 35.5. The molecule has 2 aromatic heterocycles. The van der Waals surface area contributed by atoms with E-state index in [1.54, 1.807) is 24.3 Å². The molecular formula is C30H29ClN6O8. The van der Waals surface area contributed by atoms with Crippen molar-refractivity contribution in [2.45, 2.75) is 0 Å². The van der Waals surface area contributed by atoms with E-state index >= 15 is 0 Å². The SMILES string of the molecule is COC(=O)c1cc(Cl)c(-c2cnc(C(=O)OC)c(N)c2)cc1N.COC(=O)c1ccc(-c2cnc(C(=O)OC)c(N)c2)cc1N. The third-order valence-corrected chi connectivity index (χ3v) is 6.55. The number of nitrogen functional groups attached to an aromatic ring is 4. The van der Waals surface area contributed by atoms with Crippen molar-refractivity contribution in [3.8, 4) is 22.3 Å². The van der Waals surface area contributed by atoms with E-state index in [4.69, 9.17) is 34.5 Å². The minimum absolute atomic E-state index is 0.00604. The van der Waals surface area contributed by atoms with Crippen LogP contribution in [0, 0.1) is 0 Å². The molecule has 2 heterocycles. The summed E-state index contributed by atoms with van der Waals surface area (Å²) < 4.78 is 18.4. The van der Waals surface area contributed by atoms with Crippen LogP contribution in [0.15, 0.2) is 54.9 Å². The van der Waals surface area contributed by atoms with Crippen LogP contribution >= 0.6 is 11.6 Å². The summed E-state index contributed by atoms with van der Waals surface area (Å²) in [7, 11) is 5.02. The first-order valence-corrected chi connectivity index (χ1v) is 13.1. The van der Waals surface area contributed by atoms with Crippen molar-refractivity contribution in [1.29, 1.82) is 0 Å². The van der Waals surface area contributed by atoms with Crippen molar-refractivity contribution >= 4 is 58.2 Å². The van der Waals surface area contributed by atoms with Gasteiger partial charge in [-0.1, -0.05) is 17.7 Å². The molecule has 4 rings (SSSR count). The predicted octanol–water partition coefficient (Wildman–Crippen LogP) is 3.63. The molecule has 0 aliphatic carbocycles. The van der Waals surface area contributed by atoms with E-state index in [0.717, 1.165) is 0 Å². The minimum Gasteiger partial charge on any atom is -0.465 e. The van der Waals surface area contributed by atoms with Crippen LogP contribution in [0.1, 0.15) is 41.7 Å². The first kappa shape index (κ1) is 33.6. The fourth-order valence-corrected chi connectivity index (χ4v) is 4.21. The van der Waals surface area contributed by atoms with Gasteiger partial charge in [-0.25, -0.2) is 29.1 Å². The molecule has 0 radical (unpaired) electrons. The summed E-state index contributed by atoms with van der Waals surface area (Å²) in [4.78, 5) is 54.0. The van der Waals surface area contributed by atoms with Gasteiger partial charge in [0.05, 0.1) is 50.9 Å². The Labute approximate surface area is 262 Å². The van der Waals surface area contributed by atoms with Gasteiger partial charge >= 0.3 is 23.9 Å². The van der Waals surface area contributed by atoms with Crippen LogP contribution in [0.3, 0.4) is 0 Å². The molecule has 45 heavy (non-hydrogen) atoms. The maximum atomic E-state index is 11.6. The Hall–Kier alpha value is -5.89. The number of hydrogen-bond acceptors (Lipinski definition) is 14. The number of carbonyl (C=O) groups excluding carboxylic acids is 4. The zero-order chi connectivity index (χ0) is 33.4. The van der Waals surface area contributed by atoms with E-state index in [-0.39, 0.29) is 50.3 Å². The van der Waals surface area contributed by atoms with Crippen LogP contribution in [-0.4, -0.2) is 62.3 Å². The number of benzene rings is 2. The molecule has 234 valence electrons. The number of ether oxygens (including phenoxy) is 4. The second-order valence-corrected chi connectivity index (χ2v) is 9.42. The molecule has 15 heteroatoms. The average Bonchev–Trinajstić information content (AvgIpc) is 3.04. The lowest BCUT2D eigenvalue weighted by Gasteiger charge is -2.11. The van der Waals surface area contributed by atoms with E-state index in [1.807, 2.05) is 0 Å². The summed E-state index contributed by atoms with van der Waals surface area (Å²) in [6, 6.07) is 10.9. The molecule has 4 aromatic rings. The lowest BCUT2D eigenvalue weighted by molar-refractivity contribution is 0.0586. The number of nitrogens with zero attached hydrogens (tertiary/aromatic N) is 2. The minimum atomic E-state index is -0.638. The molecule has 0 saturated heterocycles. The molecule has 14 nitrogen and oxygen atoms in total. The molecule has 0 amide bonds. The van der Waals surface area contributed by atoms with Crippen molar-refractivity contribution in [3.05, 3.63) is 82.4 Å². The van der Waals surface area contributed by atoms with E-state index < -0.39 is 23.9 Å². The Morgan fingerprint density at radius 2 is 1.00 bits per heavy atom. The lowest BCUT2D eigenvalue weighted by atomic mass is 10.0. The number of esters is 4. The molecule has 2 aromatic carbocycles. The van der Waals surface area contributed by atoms with Crippen molar-refractivity contribution in [3.63, 3.8) is 0 Å². The molecular weight excluding hydrogens is 608 g/mol. The number of rotatable bonds is 6. The number of pyridine rings is 2. The second-order valence-electron chi connectivity index (χ2n) is 9.01. The number of carbonyl (C=O) groups is 4. The lowest BCUT2D eigenvalue weighted by Crippen LogP contribution is -2.09. The molecule has 8 N–H and O–H groups in total. The second kappa shape index (κ2) is 14.5. The number of methoxy groups -OCH3 is 4. The highest BCUT2D eigenvalue weighted by molar-refractivity contribution is 6.34. The van der Waals surface area contributed by atoms with Gasteiger partial charge in [-0.2, -0.15) is 0 Å². The smallest absolute Gasteiger partial charge is 0.358 e. The molecule has 0 spiro atoms. The van der Waals surface area contributed by atoms with Gasteiger partial charge in [-0.15, -0.1) is 0 Å². The number of nitrogens with two attached hydrogens (primary N) is 4. The van der Waals surface area contributed by atoms with Gasteiger partial charge in [0, 0.05) is 45.5 Å².